The van der Waals surface area contributed by atoms with Gasteiger partial charge in [0, 0.05) is 18.5 Å². The first-order valence-corrected chi connectivity index (χ1v) is 10.5. The lowest BCUT2D eigenvalue weighted by atomic mass is 9.77. The van der Waals surface area contributed by atoms with Crippen LogP contribution in [0.1, 0.15) is 74.0 Å². The maximum absolute atomic E-state index is 10.9. The van der Waals surface area contributed by atoms with E-state index in [-0.39, 0.29) is 0 Å². The van der Waals surface area contributed by atoms with Gasteiger partial charge in [0.1, 0.15) is 0 Å². The van der Waals surface area contributed by atoms with E-state index in [1.807, 2.05) is 0 Å². The van der Waals surface area contributed by atoms with E-state index in [2.05, 4.69) is 28.4 Å². The van der Waals surface area contributed by atoms with Gasteiger partial charge >= 0.3 is 6.09 Å². The molecule has 1 heterocycles. The largest absolute Gasteiger partial charge is 0.465 e. The van der Waals surface area contributed by atoms with E-state index in [0.717, 1.165) is 12.3 Å². The van der Waals surface area contributed by atoms with E-state index < -0.39 is 6.09 Å². The van der Waals surface area contributed by atoms with Crippen LogP contribution in [0, 0.1) is 5.92 Å². The summed E-state index contributed by atoms with van der Waals surface area (Å²) in [6.45, 7) is 2.95. The molecule has 26 heavy (non-hydrogen) atoms. The Morgan fingerprint density at radius 1 is 1.15 bits per heavy atom. The van der Waals surface area contributed by atoms with Gasteiger partial charge in [-0.15, -0.1) is 0 Å². The average Bonchev–Trinajstić information content (AvgIpc) is 3.09. The van der Waals surface area contributed by atoms with E-state index >= 15 is 0 Å². The maximum atomic E-state index is 10.9. The molecule has 1 aromatic carbocycles. The van der Waals surface area contributed by atoms with Crippen molar-refractivity contribution in [3.8, 4) is 0 Å². The van der Waals surface area contributed by atoms with E-state index in [0.29, 0.717) is 18.5 Å². The number of benzene rings is 1. The van der Waals surface area contributed by atoms with Crippen molar-refractivity contribution in [1.82, 2.24) is 10.2 Å². The molecule has 1 amide bonds. The van der Waals surface area contributed by atoms with Gasteiger partial charge in [-0.25, -0.2) is 4.79 Å². The molecule has 4 rings (SSSR count). The topological polar surface area (TPSA) is 52.6 Å². The smallest absolute Gasteiger partial charge is 0.404 e. The number of likely N-dealkylation sites (tertiary alicyclic amines) is 1. The fraction of sp³-hybridized carbons (Fsp3) is 0.682. The Labute approximate surface area is 157 Å². The van der Waals surface area contributed by atoms with Gasteiger partial charge in [0.05, 0.1) is 0 Å². The van der Waals surface area contributed by atoms with Gasteiger partial charge in [-0.2, -0.15) is 0 Å². The second-order valence-electron chi connectivity index (χ2n) is 8.47. The number of nitrogens with one attached hydrogen (secondary N) is 1. The lowest BCUT2D eigenvalue weighted by molar-refractivity contribution is 0.193. The van der Waals surface area contributed by atoms with Crippen molar-refractivity contribution >= 4 is 6.09 Å². The van der Waals surface area contributed by atoms with E-state index in [9.17, 15) is 4.79 Å². The van der Waals surface area contributed by atoms with Gasteiger partial charge in [0.2, 0.25) is 0 Å². The molecule has 0 bridgehead atoms. The van der Waals surface area contributed by atoms with Crippen LogP contribution in [-0.4, -0.2) is 35.2 Å². The van der Waals surface area contributed by atoms with Crippen molar-refractivity contribution in [2.24, 2.45) is 5.92 Å². The number of fused-ring (bicyclic) bond motifs is 3. The molecule has 0 radical (unpaired) electrons. The van der Waals surface area contributed by atoms with Crippen molar-refractivity contribution in [1.29, 1.82) is 0 Å². The third kappa shape index (κ3) is 3.75. The molecule has 1 saturated heterocycles. The highest BCUT2D eigenvalue weighted by Crippen LogP contribution is 2.43. The van der Waals surface area contributed by atoms with Gasteiger partial charge in [-0.3, -0.25) is 4.90 Å². The average molecular weight is 357 g/mol. The lowest BCUT2D eigenvalue weighted by Gasteiger charge is -2.35. The van der Waals surface area contributed by atoms with Gasteiger partial charge in [-0.1, -0.05) is 50.3 Å². The minimum atomic E-state index is -0.939. The molecule has 0 spiro atoms. The summed E-state index contributed by atoms with van der Waals surface area (Å²) in [7, 11) is 0. The number of carbonyl (C=O) groups is 1. The van der Waals surface area contributed by atoms with Crippen molar-refractivity contribution in [2.75, 3.05) is 13.1 Å². The van der Waals surface area contributed by atoms with Crippen molar-refractivity contribution < 1.29 is 9.90 Å². The molecular formula is C22H32N2O2. The lowest BCUT2D eigenvalue weighted by Crippen LogP contribution is -2.36. The Hall–Kier alpha value is -1.55. The number of nitrogens with zero attached hydrogens (tertiary/aromatic N) is 1. The van der Waals surface area contributed by atoms with Crippen LogP contribution in [0.15, 0.2) is 18.2 Å². The van der Waals surface area contributed by atoms with Crippen LogP contribution in [-0.2, 0) is 13.0 Å². The minimum Gasteiger partial charge on any atom is -0.465 e. The number of carboxylic acid groups (broad SMARTS) is 1. The summed E-state index contributed by atoms with van der Waals surface area (Å²) in [5.41, 5.74) is 4.08. The summed E-state index contributed by atoms with van der Waals surface area (Å²) < 4.78 is 0. The maximum Gasteiger partial charge on any atom is 0.404 e. The first-order chi connectivity index (χ1) is 12.7. The van der Waals surface area contributed by atoms with Crippen molar-refractivity contribution in [3.63, 3.8) is 0 Å². The molecule has 2 atom stereocenters. The Morgan fingerprint density at radius 3 is 2.81 bits per heavy atom. The fourth-order valence-corrected chi connectivity index (χ4v) is 5.70. The summed E-state index contributed by atoms with van der Waals surface area (Å²) >= 11 is 0. The standard InChI is InChI=1S/C22H32N2O2/c25-22(26)23-15-17-7-4-8-19-18(17)9-10-21-20(19)12-14-24(21)13-11-16-5-2-1-3-6-16/h4,7-8,16,20-21,23H,1-3,5-6,9-15H2,(H,25,26)/t20-,21+/m0/s1. The number of hydrogen-bond donors (Lipinski definition) is 2. The third-order valence-corrected chi connectivity index (χ3v) is 7.04. The summed E-state index contributed by atoms with van der Waals surface area (Å²) in [4.78, 5) is 13.6. The van der Waals surface area contributed by atoms with Crippen LogP contribution in [0.4, 0.5) is 4.79 Å². The highest BCUT2D eigenvalue weighted by atomic mass is 16.4. The first kappa shape index (κ1) is 17.8. The second-order valence-corrected chi connectivity index (χ2v) is 8.47. The molecule has 1 aliphatic heterocycles. The monoisotopic (exact) mass is 356 g/mol. The molecule has 1 aromatic rings. The van der Waals surface area contributed by atoms with Gasteiger partial charge in [0.15, 0.2) is 0 Å². The fourth-order valence-electron chi connectivity index (χ4n) is 5.70. The van der Waals surface area contributed by atoms with Crippen molar-refractivity contribution in [3.05, 3.63) is 34.9 Å². The van der Waals surface area contributed by atoms with Crippen LogP contribution in [0.5, 0.6) is 0 Å². The van der Waals surface area contributed by atoms with E-state index in [1.165, 1.54) is 81.1 Å². The van der Waals surface area contributed by atoms with Crippen LogP contribution < -0.4 is 5.32 Å². The highest BCUT2D eigenvalue weighted by Gasteiger charge is 2.39. The normalized spacial score (nSPS) is 26.3. The summed E-state index contributed by atoms with van der Waals surface area (Å²) in [5, 5.41) is 11.5. The SMILES string of the molecule is O=C(O)NCc1cccc2c1CC[C@@H]1[C@H]2CCN1CCC1CCCCC1. The second kappa shape index (κ2) is 7.99. The minimum absolute atomic E-state index is 0.432. The molecular weight excluding hydrogens is 324 g/mol. The zero-order valence-electron chi connectivity index (χ0n) is 15.8. The molecule has 2 aliphatic carbocycles. The van der Waals surface area contributed by atoms with Gasteiger partial charge in [-0.05, 0) is 61.4 Å². The van der Waals surface area contributed by atoms with E-state index in [1.54, 1.807) is 0 Å². The third-order valence-electron chi connectivity index (χ3n) is 7.04. The number of hydrogen-bond acceptors (Lipinski definition) is 2. The predicted octanol–water partition coefficient (Wildman–Crippen LogP) is 4.53. The molecule has 0 aromatic heterocycles. The molecule has 4 nitrogen and oxygen atoms in total. The summed E-state index contributed by atoms with van der Waals surface area (Å²) in [6, 6.07) is 7.20. The van der Waals surface area contributed by atoms with Gasteiger partial charge < -0.3 is 10.4 Å². The van der Waals surface area contributed by atoms with Gasteiger partial charge in [0.25, 0.3) is 0 Å². The molecule has 4 heteroatoms. The van der Waals surface area contributed by atoms with Crippen LogP contribution in [0.3, 0.4) is 0 Å². The Morgan fingerprint density at radius 2 is 2.00 bits per heavy atom. The van der Waals surface area contributed by atoms with Crippen LogP contribution in [0.2, 0.25) is 0 Å². The van der Waals surface area contributed by atoms with Crippen molar-refractivity contribution in [2.45, 2.75) is 76.3 Å². The Kier molecular flexibility index (Phi) is 5.49. The Bertz CT molecular complexity index is 639. The molecule has 1 saturated carbocycles. The van der Waals surface area contributed by atoms with E-state index in [4.69, 9.17) is 5.11 Å². The molecule has 2 fully saturated rings. The first-order valence-electron chi connectivity index (χ1n) is 10.5. The quantitative estimate of drug-likeness (QED) is 0.815. The van der Waals surface area contributed by atoms with Crippen LogP contribution in [0.25, 0.3) is 0 Å². The summed E-state index contributed by atoms with van der Waals surface area (Å²) in [5.74, 6) is 1.61. The Balaban J connectivity index is 1.41. The molecule has 2 N–H and O–H groups in total. The molecule has 142 valence electrons. The number of amides is 1. The molecule has 0 unspecified atom stereocenters. The highest BCUT2D eigenvalue weighted by molar-refractivity contribution is 5.64. The van der Waals surface area contributed by atoms with Crippen LogP contribution >= 0.6 is 0 Å². The number of rotatable bonds is 5. The zero-order chi connectivity index (χ0) is 17.9. The predicted molar refractivity (Wildman–Crippen MR) is 104 cm³/mol. The zero-order valence-corrected chi connectivity index (χ0v) is 15.8. The summed E-state index contributed by atoms with van der Waals surface area (Å²) in [6.07, 6.45) is 11.3. The molecule has 3 aliphatic rings.